The lowest BCUT2D eigenvalue weighted by atomic mass is 10.00. The Morgan fingerprint density at radius 1 is 1.00 bits per heavy atom. The van der Waals surface area contributed by atoms with Crippen molar-refractivity contribution in [2.75, 3.05) is 10.2 Å². The van der Waals surface area contributed by atoms with Crippen molar-refractivity contribution < 1.29 is 19.1 Å². The Balaban J connectivity index is 1.32. The maximum Gasteiger partial charge on any atom is 0.411 e. The predicted octanol–water partition coefficient (Wildman–Crippen LogP) is 5.04. The van der Waals surface area contributed by atoms with Gasteiger partial charge in [-0.1, -0.05) is 18.6 Å². The van der Waals surface area contributed by atoms with Crippen LogP contribution in [0.3, 0.4) is 0 Å². The topological polar surface area (TPSA) is 75.7 Å². The van der Waals surface area contributed by atoms with E-state index in [2.05, 4.69) is 17.5 Å². The SMILES string of the molecule is O=C(Nc1ccc(N2C(=O)CC(SC3CCC3)C2=O)cc1)OC1CC/C=C/CCC1. The number of anilines is 2. The lowest BCUT2D eigenvalue weighted by Gasteiger charge is -2.26. The average Bonchev–Trinajstić information content (AvgIpc) is 2.94. The molecule has 1 N–H and O–H groups in total. The zero-order valence-corrected chi connectivity index (χ0v) is 17.9. The minimum absolute atomic E-state index is 0.0702. The van der Waals surface area contributed by atoms with Crippen molar-refractivity contribution in [3.63, 3.8) is 0 Å². The molecule has 3 amide bonds. The highest BCUT2D eigenvalue weighted by Gasteiger charge is 2.41. The third-order valence-electron chi connectivity index (χ3n) is 5.88. The Kier molecular flexibility index (Phi) is 6.77. The highest BCUT2D eigenvalue weighted by molar-refractivity contribution is 8.01. The number of ether oxygens (including phenoxy) is 1. The monoisotopic (exact) mass is 428 g/mol. The van der Waals surface area contributed by atoms with Gasteiger partial charge in [-0.25, -0.2) is 9.69 Å². The lowest BCUT2D eigenvalue weighted by Crippen LogP contribution is -2.32. The van der Waals surface area contributed by atoms with Gasteiger partial charge in [0.25, 0.3) is 0 Å². The molecule has 2 unspecified atom stereocenters. The number of allylic oxidation sites excluding steroid dienone is 2. The fourth-order valence-electron chi connectivity index (χ4n) is 3.96. The van der Waals surface area contributed by atoms with Gasteiger partial charge in [-0.2, -0.15) is 0 Å². The second-order valence-corrected chi connectivity index (χ2v) is 9.64. The molecule has 4 rings (SSSR count). The standard InChI is InChI=1S/C23H28N2O4S/c26-21-15-20(30-19-9-6-10-19)22(27)25(21)17-13-11-16(12-14-17)24-23(28)29-18-7-4-2-1-3-5-8-18/h1-2,11-14,18-20H,3-10,15H2,(H,24,28)/b2-1+. The van der Waals surface area contributed by atoms with Crippen LogP contribution in [0.1, 0.15) is 57.8 Å². The van der Waals surface area contributed by atoms with Crippen LogP contribution in [-0.4, -0.2) is 34.5 Å². The van der Waals surface area contributed by atoms with Gasteiger partial charge in [-0.05, 0) is 69.2 Å². The summed E-state index contributed by atoms with van der Waals surface area (Å²) in [7, 11) is 0. The van der Waals surface area contributed by atoms with Crippen molar-refractivity contribution in [2.45, 2.75) is 74.4 Å². The summed E-state index contributed by atoms with van der Waals surface area (Å²) in [5, 5.41) is 2.99. The number of imide groups is 1. The van der Waals surface area contributed by atoms with Gasteiger partial charge >= 0.3 is 6.09 Å². The molecule has 0 spiro atoms. The van der Waals surface area contributed by atoms with E-state index in [9.17, 15) is 14.4 Å². The van der Waals surface area contributed by atoms with Crippen LogP contribution in [0.2, 0.25) is 0 Å². The number of rotatable bonds is 5. The number of nitrogens with one attached hydrogen (secondary N) is 1. The normalized spacial score (nSPS) is 25.9. The van der Waals surface area contributed by atoms with Crippen LogP contribution in [0.5, 0.6) is 0 Å². The molecule has 2 fully saturated rings. The van der Waals surface area contributed by atoms with Gasteiger partial charge in [0.15, 0.2) is 0 Å². The molecule has 3 aliphatic rings. The van der Waals surface area contributed by atoms with Crippen LogP contribution in [0, 0.1) is 0 Å². The van der Waals surface area contributed by atoms with E-state index in [0.29, 0.717) is 16.6 Å². The number of benzene rings is 1. The van der Waals surface area contributed by atoms with Crippen LogP contribution in [0.15, 0.2) is 36.4 Å². The van der Waals surface area contributed by atoms with Crippen molar-refractivity contribution in [1.29, 1.82) is 0 Å². The first-order valence-corrected chi connectivity index (χ1v) is 11.8. The molecular formula is C23H28N2O4S. The Bertz CT molecular complexity index is 819. The molecule has 1 aliphatic heterocycles. The van der Waals surface area contributed by atoms with Crippen LogP contribution in [0.4, 0.5) is 16.2 Å². The molecular weight excluding hydrogens is 400 g/mol. The Morgan fingerprint density at radius 3 is 2.50 bits per heavy atom. The third-order valence-corrected chi connectivity index (χ3v) is 7.43. The molecule has 2 aliphatic carbocycles. The van der Waals surface area contributed by atoms with Gasteiger partial charge in [0.2, 0.25) is 11.8 Å². The van der Waals surface area contributed by atoms with Crippen LogP contribution >= 0.6 is 11.8 Å². The fraction of sp³-hybridized carbons (Fsp3) is 0.522. The first-order valence-electron chi connectivity index (χ1n) is 10.8. The van der Waals surface area contributed by atoms with E-state index in [-0.39, 0.29) is 29.6 Å². The minimum Gasteiger partial charge on any atom is -0.446 e. The molecule has 0 radical (unpaired) electrons. The van der Waals surface area contributed by atoms with E-state index in [1.54, 1.807) is 36.0 Å². The summed E-state index contributed by atoms with van der Waals surface area (Å²) < 4.78 is 5.56. The minimum atomic E-state index is -0.470. The van der Waals surface area contributed by atoms with Crippen LogP contribution in [0.25, 0.3) is 0 Å². The van der Waals surface area contributed by atoms with E-state index in [0.717, 1.165) is 44.9 Å². The van der Waals surface area contributed by atoms with Gasteiger partial charge < -0.3 is 4.74 Å². The van der Waals surface area contributed by atoms with Gasteiger partial charge in [0.1, 0.15) is 6.10 Å². The van der Waals surface area contributed by atoms with Crippen molar-refractivity contribution in [2.24, 2.45) is 0 Å². The second kappa shape index (κ2) is 9.69. The first kappa shape index (κ1) is 21.0. The van der Waals surface area contributed by atoms with Gasteiger partial charge in [0.05, 0.1) is 10.9 Å². The smallest absolute Gasteiger partial charge is 0.411 e. The summed E-state index contributed by atoms with van der Waals surface area (Å²) in [6.45, 7) is 0. The average molecular weight is 429 g/mol. The Morgan fingerprint density at radius 2 is 1.77 bits per heavy atom. The number of amides is 3. The molecule has 30 heavy (non-hydrogen) atoms. The predicted molar refractivity (Wildman–Crippen MR) is 119 cm³/mol. The summed E-state index contributed by atoms with van der Waals surface area (Å²) in [6.07, 6.45) is 12.2. The number of hydrogen-bond acceptors (Lipinski definition) is 5. The zero-order chi connectivity index (χ0) is 20.9. The van der Waals surface area contributed by atoms with E-state index in [4.69, 9.17) is 4.74 Å². The zero-order valence-electron chi connectivity index (χ0n) is 17.0. The number of hydrogen-bond donors (Lipinski definition) is 1. The molecule has 0 aromatic heterocycles. The van der Waals surface area contributed by atoms with E-state index >= 15 is 0 Å². The maximum atomic E-state index is 12.7. The molecule has 1 heterocycles. The number of carbonyl (C=O) groups is 3. The molecule has 1 saturated carbocycles. The van der Waals surface area contributed by atoms with Crippen molar-refractivity contribution in [3.8, 4) is 0 Å². The molecule has 1 aromatic carbocycles. The van der Waals surface area contributed by atoms with Crippen LogP contribution in [-0.2, 0) is 14.3 Å². The summed E-state index contributed by atoms with van der Waals surface area (Å²) >= 11 is 1.65. The van der Waals surface area contributed by atoms with Crippen LogP contribution < -0.4 is 10.2 Å². The van der Waals surface area contributed by atoms with Gasteiger partial charge in [0, 0.05) is 17.4 Å². The summed E-state index contributed by atoms with van der Waals surface area (Å²) in [5.74, 6) is -0.286. The second-order valence-electron chi connectivity index (χ2n) is 8.13. The molecule has 0 bridgehead atoms. The molecule has 1 saturated heterocycles. The molecule has 7 heteroatoms. The first-order chi connectivity index (χ1) is 14.6. The number of thioether (sulfide) groups is 1. The van der Waals surface area contributed by atoms with E-state index in [1.165, 1.54) is 11.3 Å². The summed E-state index contributed by atoms with van der Waals surface area (Å²) in [4.78, 5) is 38.6. The maximum absolute atomic E-state index is 12.7. The number of nitrogens with zero attached hydrogens (tertiary/aromatic N) is 1. The Hall–Kier alpha value is -2.28. The van der Waals surface area contributed by atoms with E-state index in [1.807, 2.05) is 0 Å². The van der Waals surface area contributed by atoms with Crippen molar-refractivity contribution in [3.05, 3.63) is 36.4 Å². The number of carbonyl (C=O) groups excluding carboxylic acids is 3. The molecule has 6 nitrogen and oxygen atoms in total. The largest absolute Gasteiger partial charge is 0.446 e. The summed E-state index contributed by atoms with van der Waals surface area (Å²) in [5.41, 5.74) is 1.13. The van der Waals surface area contributed by atoms with Gasteiger partial charge in [-0.15, -0.1) is 11.8 Å². The quantitative estimate of drug-likeness (QED) is 0.525. The Labute approximate surface area is 181 Å². The van der Waals surface area contributed by atoms with Crippen molar-refractivity contribution >= 4 is 41.0 Å². The third kappa shape index (κ3) is 5.06. The highest BCUT2D eigenvalue weighted by Crippen LogP contribution is 2.39. The van der Waals surface area contributed by atoms with E-state index < -0.39 is 6.09 Å². The molecule has 2 atom stereocenters. The lowest BCUT2D eigenvalue weighted by molar-refractivity contribution is -0.121. The van der Waals surface area contributed by atoms with Crippen molar-refractivity contribution in [1.82, 2.24) is 0 Å². The molecule has 160 valence electrons. The fourth-order valence-corrected chi connectivity index (χ4v) is 5.49. The summed E-state index contributed by atoms with van der Waals surface area (Å²) in [6, 6.07) is 6.79. The molecule has 1 aromatic rings. The van der Waals surface area contributed by atoms with Gasteiger partial charge in [-0.3, -0.25) is 14.9 Å². The highest BCUT2D eigenvalue weighted by atomic mass is 32.2.